The minimum atomic E-state index is -0.0104. The Hall–Kier alpha value is -0.870. The van der Waals surface area contributed by atoms with Crippen LogP contribution >= 0.6 is 0 Å². The van der Waals surface area contributed by atoms with Crippen LogP contribution in [0.5, 0.6) is 0 Å². The third kappa shape index (κ3) is 14.3. The van der Waals surface area contributed by atoms with Gasteiger partial charge in [-0.25, -0.2) is 16.0 Å². The Morgan fingerprint density at radius 2 is 1.12 bits per heavy atom. The van der Waals surface area contributed by atoms with Gasteiger partial charge in [-0.2, -0.15) is 0 Å². The molecule has 0 rings (SSSR count). The van der Waals surface area contributed by atoms with Crippen molar-refractivity contribution in [3.05, 3.63) is 12.2 Å². The molecule has 0 aliphatic carbocycles. The lowest BCUT2D eigenvalue weighted by Crippen LogP contribution is -2.52. The van der Waals surface area contributed by atoms with Crippen LogP contribution in [0.1, 0.15) is 111 Å². The minimum Gasteiger partial charge on any atom is -0.267 e. The minimum absolute atomic E-state index is 0.0104. The molecule has 0 aromatic rings. The van der Waals surface area contributed by atoms with Crippen molar-refractivity contribution in [3.63, 3.8) is 0 Å². The third-order valence-electron chi connectivity index (χ3n) is 4.66. The molecule has 4 nitrogen and oxygen atoms in total. The Labute approximate surface area is 163 Å². The highest BCUT2D eigenvalue weighted by atomic mass is 16.2. The summed E-state index contributed by atoms with van der Waals surface area (Å²) in [4.78, 5) is 12.5. The van der Waals surface area contributed by atoms with Crippen LogP contribution in [0.15, 0.2) is 12.2 Å². The number of carbonyl (C=O) groups excluding carboxylic acids is 1. The van der Waals surface area contributed by atoms with Crippen molar-refractivity contribution in [2.45, 2.75) is 111 Å². The summed E-state index contributed by atoms with van der Waals surface area (Å²) < 4.78 is 0. The van der Waals surface area contributed by atoms with E-state index < -0.39 is 0 Å². The van der Waals surface area contributed by atoms with E-state index in [1.54, 1.807) is 5.12 Å². The van der Waals surface area contributed by atoms with Crippen molar-refractivity contribution < 1.29 is 4.79 Å². The highest BCUT2D eigenvalue weighted by molar-refractivity contribution is 5.92. The van der Waals surface area contributed by atoms with Gasteiger partial charge in [0.1, 0.15) is 0 Å². The molecule has 0 aromatic carbocycles. The summed E-state index contributed by atoms with van der Waals surface area (Å²) in [6.45, 7) is 12.2. The van der Waals surface area contributed by atoms with Crippen LogP contribution in [-0.4, -0.2) is 24.1 Å². The summed E-state index contributed by atoms with van der Waals surface area (Å²) in [5.41, 5.74) is 7.22. The summed E-state index contributed by atoms with van der Waals surface area (Å²) in [5.74, 6) is -0.0104. The first-order valence-corrected chi connectivity index (χ1v) is 11.2. The maximum Gasteiger partial charge on any atom is 0.278 e. The summed E-state index contributed by atoms with van der Waals surface area (Å²) in [6, 6.07) is 0. The lowest BCUT2D eigenvalue weighted by molar-refractivity contribution is -0.134. The van der Waals surface area contributed by atoms with Gasteiger partial charge in [-0.15, -0.1) is 0 Å². The Balaban J connectivity index is 4.09. The summed E-state index contributed by atoms with van der Waals surface area (Å²) in [7, 11) is 0. The monoisotopic (exact) mass is 367 g/mol. The average molecular weight is 368 g/mol. The van der Waals surface area contributed by atoms with Crippen molar-refractivity contribution in [2.75, 3.05) is 13.1 Å². The van der Waals surface area contributed by atoms with Gasteiger partial charge in [0.2, 0.25) is 0 Å². The Kier molecular flexibility index (Phi) is 18.3. The van der Waals surface area contributed by atoms with E-state index in [2.05, 4.69) is 38.2 Å². The van der Waals surface area contributed by atoms with Gasteiger partial charge in [0.15, 0.2) is 0 Å². The molecule has 0 saturated heterocycles. The number of rotatable bonds is 19. The number of hydrogen-bond acceptors (Lipinski definition) is 3. The second-order valence-corrected chi connectivity index (χ2v) is 7.35. The summed E-state index contributed by atoms with van der Waals surface area (Å²) in [6.07, 6.45) is 16.8. The van der Waals surface area contributed by atoms with E-state index in [-0.39, 0.29) is 5.91 Å². The molecule has 0 bridgehead atoms. The predicted octanol–water partition coefficient (Wildman–Crippen LogP) is 5.90. The molecule has 26 heavy (non-hydrogen) atoms. The van der Waals surface area contributed by atoms with Crippen molar-refractivity contribution >= 4 is 5.91 Å². The van der Waals surface area contributed by atoms with Crippen LogP contribution in [0.25, 0.3) is 0 Å². The molecule has 0 aliphatic heterocycles. The van der Waals surface area contributed by atoms with Gasteiger partial charge in [0.25, 0.3) is 5.91 Å². The Morgan fingerprint density at radius 3 is 1.54 bits per heavy atom. The SMILES string of the molecule is C=C(CCC)C(=O)N(NCCCCCCCC)NCCCCCCCC. The number of hydrazine groups is 2. The molecular weight excluding hydrogens is 322 g/mol. The fraction of sp³-hybridized carbons (Fsp3) is 0.864. The number of nitrogens with one attached hydrogen (secondary N) is 2. The first-order chi connectivity index (χ1) is 12.7. The van der Waals surface area contributed by atoms with E-state index in [4.69, 9.17) is 0 Å². The zero-order valence-corrected chi connectivity index (χ0v) is 17.9. The highest BCUT2D eigenvalue weighted by Crippen LogP contribution is 2.07. The standard InChI is InChI=1S/C22H45N3O/c1-5-8-10-12-14-16-19-23-25(22(26)21(4)18-7-3)24-20-17-15-13-11-9-6-2/h23-24H,4-20H2,1-3H3. The second-order valence-electron chi connectivity index (χ2n) is 7.35. The first kappa shape index (κ1) is 25.1. The van der Waals surface area contributed by atoms with E-state index >= 15 is 0 Å². The van der Waals surface area contributed by atoms with Gasteiger partial charge < -0.3 is 0 Å². The molecule has 2 N–H and O–H groups in total. The smallest absolute Gasteiger partial charge is 0.267 e. The maximum absolute atomic E-state index is 12.5. The molecule has 0 fully saturated rings. The fourth-order valence-electron chi connectivity index (χ4n) is 2.96. The van der Waals surface area contributed by atoms with Crippen LogP contribution in [0, 0.1) is 0 Å². The van der Waals surface area contributed by atoms with Crippen molar-refractivity contribution in [2.24, 2.45) is 0 Å². The third-order valence-corrected chi connectivity index (χ3v) is 4.66. The molecule has 0 atom stereocenters. The zero-order chi connectivity index (χ0) is 19.5. The summed E-state index contributed by atoms with van der Waals surface area (Å²) in [5, 5.41) is 1.59. The van der Waals surface area contributed by atoms with E-state index in [9.17, 15) is 4.79 Å². The van der Waals surface area contributed by atoms with E-state index in [1.165, 1.54) is 64.2 Å². The van der Waals surface area contributed by atoms with Gasteiger partial charge in [0, 0.05) is 18.7 Å². The molecular formula is C22H45N3O. The topological polar surface area (TPSA) is 44.4 Å². The number of nitrogens with zero attached hydrogens (tertiary/aromatic N) is 1. The maximum atomic E-state index is 12.5. The van der Waals surface area contributed by atoms with Crippen LogP contribution in [0.3, 0.4) is 0 Å². The first-order valence-electron chi connectivity index (χ1n) is 11.2. The van der Waals surface area contributed by atoms with Crippen molar-refractivity contribution in [1.29, 1.82) is 0 Å². The van der Waals surface area contributed by atoms with E-state index in [1.807, 2.05) is 0 Å². The normalized spacial score (nSPS) is 10.9. The van der Waals surface area contributed by atoms with Crippen molar-refractivity contribution in [1.82, 2.24) is 16.0 Å². The van der Waals surface area contributed by atoms with Crippen molar-refractivity contribution in [3.8, 4) is 0 Å². The van der Waals surface area contributed by atoms with Gasteiger partial charge in [0.05, 0.1) is 0 Å². The fourth-order valence-corrected chi connectivity index (χ4v) is 2.96. The average Bonchev–Trinajstić information content (AvgIpc) is 2.64. The molecule has 4 heteroatoms. The molecule has 154 valence electrons. The Bertz CT molecular complexity index is 326. The number of hydrogen-bond donors (Lipinski definition) is 2. The largest absolute Gasteiger partial charge is 0.278 e. The number of carbonyl (C=O) groups is 1. The molecule has 0 spiro atoms. The summed E-state index contributed by atoms with van der Waals surface area (Å²) >= 11 is 0. The molecule has 0 aromatic heterocycles. The van der Waals surface area contributed by atoms with Crippen LogP contribution in [0.2, 0.25) is 0 Å². The van der Waals surface area contributed by atoms with Crippen LogP contribution in [-0.2, 0) is 4.79 Å². The van der Waals surface area contributed by atoms with E-state index in [0.29, 0.717) is 5.57 Å². The molecule has 0 heterocycles. The van der Waals surface area contributed by atoms with Gasteiger partial charge in [-0.3, -0.25) is 4.79 Å². The zero-order valence-electron chi connectivity index (χ0n) is 17.9. The molecule has 0 aliphatic rings. The van der Waals surface area contributed by atoms with Crippen LogP contribution in [0.4, 0.5) is 0 Å². The molecule has 0 unspecified atom stereocenters. The predicted molar refractivity (Wildman–Crippen MR) is 114 cm³/mol. The second kappa shape index (κ2) is 18.9. The number of amides is 1. The highest BCUT2D eigenvalue weighted by Gasteiger charge is 2.15. The molecule has 1 amide bonds. The molecule has 0 radical (unpaired) electrons. The lowest BCUT2D eigenvalue weighted by Gasteiger charge is -2.25. The van der Waals surface area contributed by atoms with Gasteiger partial charge >= 0.3 is 0 Å². The van der Waals surface area contributed by atoms with Gasteiger partial charge in [-0.1, -0.05) is 98.0 Å². The van der Waals surface area contributed by atoms with Gasteiger partial charge in [-0.05, 0) is 19.3 Å². The number of unbranched alkanes of at least 4 members (excludes halogenated alkanes) is 10. The lowest BCUT2D eigenvalue weighted by atomic mass is 10.1. The molecule has 0 saturated carbocycles. The quantitative estimate of drug-likeness (QED) is 0.170. The Morgan fingerprint density at radius 1 is 0.692 bits per heavy atom. The van der Waals surface area contributed by atoms with E-state index in [0.717, 1.165) is 38.8 Å². The van der Waals surface area contributed by atoms with Crippen LogP contribution < -0.4 is 10.9 Å².